The van der Waals surface area contributed by atoms with Crippen LogP contribution >= 0.6 is 0 Å². The summed E-state index contributed by atoms with van der Waals surface area (Å²) in [5.74, 6) is 0. The highest BCUT2D eigenvalue weighted by atomic mass is 15.2. The SMILES string of the molecule is CC1=[N+](c2ccccc2C)CC2C[N+](c3ccccc3C)=C(C)c3cccc1[n+]32. The fourth-order valence-electron chi connectivity index (χ4n) is 4.99. The second-order valence-electron chi connectivity index (χ2n) is 8.29. The molecule has 3 heteroatoms. The summed E-state index contributed by atoms with van der Waals surface area (Å²) >= 11 is 0. The quantitative estimate of drug-likeness (QED) is 0.579. The molecule has 2 aromatic carbocycles. The predicted molar refractivity (Wildman–Crippen MR) is 117 cm³/mol. The second kappa shape index (κ2) is 6.77. The van der Waals surface area contributed by atoms with Crippen LogP contribution in [0.5, 0.6) is 0 Å². The first-order valence-corrected chi connectivity index (χ1v) is 10.4. The van der Waals surface area contributed by atoms with Gasteiger partial charge in [0.2, 0.25) is 24.5 Å². The summed E-state index contributed by atoms with van der Waals surface area (Å²) in [6, 6.07) is 24.6. The summed E-state index contributed by atoms with van der Waals surface area (Å²) < 4.78 is 7.58. The van der Waals surface area contributed by atoms with Crippen molar-refractivity contribution in [3.8, 4) is 0 Å². The van der Waals surface area contributed by atoms with Crippen molar-refractivity contribution in [2.24, 2.45) is 0 Å². The van der Waals surface area contributed by atoms with Crippen LogP contribution in [-0.2, 0) is 0 Å². The Morgan fingerprint density at radius 2 is 1.03 bits per heavy atom. The lowest BCUT2D eigenvalue weighted by Gasteiger charge is -2.24. The molecule has 0 saturated heterocycles. The van der Waals surface area contributed by atoms with E-state index in [4.69, 9.17) is 0 Å². The van der Waals surface area contributed by atoms with Gasteiger partial charge in [0.1, 0.15) is 0 Å². The van der Waals surface area contributed by atoms with E-state index in [9.17, 15) is 0 Å². The summed E-state index contributed by atoms with van der Waals surface area (Å²) in [5, 5.41) is 0. The van der Waals surface area contributed by atoms with Gasteiger partial charge in [-0.25, -0.2) is 0 Å². The van der Waals surface area contributed by atoms with Crippen molar-refractivity contribution in [1.29, 1.82) is 0 Å². The van der Waals surface area contributed by atoms with Crippen molar-refractivity contribution >= 4 is 22.8 Å². The van der Waals surface area contributed by atoms with Crippen LogP contribution in [-0.4, -0.2) is 33.7 Å². The maximum atomic E-state index is 2.56. The van der Waals surface area contributed by atoms with Crippen LogP contribution in [0.15, 0.2) is 66.7 Å². The Labute approximate surface area is 172 Å². The van der Waals surface area contributed by atoms with E-state index in [1.807, 2.05) is 0 Å². The molecule has 0 fully saturated rings. The number of aryl methyl sites for hydroxylation is 2. The monoisotopic (exact) mass is 382 g/mol. The molecular formula is C26H28N3+3. The van der Waals surface area contributed by atoms with Gasteiger partial charge in [-0.3, -0.25) is 0 Å². The van der Waals surface area contributed by atoms with Gasteiger partial charge in [-0.1, -0.05) is 36.4 Å². The van der Waals surface area contributed by atoms with Gasteiger partial charge in [-0.15, -0.1) is 0 Å². The Kier molecular flexibility index (Phi) is 4.20. The van der Waals surface area contributed by atoms with Crippen molar-refractivity contribution in [3.05, 3.63) is 89.2 Å². The summed E-state index contributed by atoms with van der Waals surface area (Å²) in [5.41, 5.74) is 10.6. The summed E-state index contributed by atoms with van der Waals surface area (Å²) in [6.07, 6.45) is 0. The molecule has 5 rings (SSSR count). The van der Waals surface area contributed by atoms with Crippen LogP contribution < -0.4 is 4.57 Å². The molecular weight excluding hydrogens is 354 g/mol. The number of hydrogen-bond acceptors (Lipinski definition) is 0. The average molecular weight is 383 g/mol. The van der Waals surface area contributed by atoms with Crippen LogP contribution in [0, 0.1) is 13.8 Å². The number of benzene rings is 2. The first-order chi connectivity index (χ1) is 14.1. The zero-order valence-corrected chi connectivity index (χ0v) is 17.7. The summed E-state index contributed by atoms with van der Waals surface area (Å²) in [6.45, 7) is 10.9. The van der Waals surface area contributed by atoms with Gasteiger partial charge < -0.3 is 0 Å². The first kappa shape index (κ1) is 18.0. The van der Waals surface area contributed by atoms with Gasteiger partial charge >= 0.3 is 0 Å². The van der Waals surface area contributed by atoms with Crippen LogP contribution in [0.3, 0.4) is 0 Å². The number of pyridine rings is 1. The minimum absolute atomic E-state index is 0.396. The lowest BCUT2D eigenvalue weighted by Crippen LogP contribution is -2.61. The third-order valence-electron chi connectivity index (χ3n) is 6.54. The molecule has 29 heavy (non-hydrogen) atoms. The highest BCUT2D eigenvalue weighted by Gasteiger charge is 2.48. The molecule has 0 N–H and O–H groups in total. The lowest BCUT2D eigenvalue weighted by molar-refractivity contribution is -0.781. The molecule has 0 amide bonds. The fourth-order valence-corrected chi connectivity index (χ4v) is 4.99. The van der Waals surface area contributed by atoms with Gasteiger partial charge in [0.15, 0.2) is 0 Å². The Bertz CT molecular complexity index is 1110. The zero-order valence-electron chi connectivity index (χ0n) is 17.7. The number of para-hydroxylation sites is 2. The van der Waals surface area contributed by atoms with Gasteiger partial charge in [-0.05, 0) is 19.9 Å². The normalized spacial score (nSPS) is 16.3. The summed E-state index contributed by atoms with van der Waals surface area (Å²) in [7, 11) is 0. The maximum Gasteiger partial charge on any atom is 0.275 e. The third-order valence-corrected chi connectivity index (χ3v) is 6.54. The number of aromatic nitrogens is 1. The molecule has 0 radical (unpaired) electrons. The first-order valence-electron chi connectivity index (χ1n) is 10.4. The lowest BCUT2D eigenvalue weighted by atomic mass is 10.0. The van der Waals surface area contributed by atoms with Crippen molar-refractivity contribution in [2.75, 3.05) is 13.1 Å². The minimum atomic E-state index is 0.396. The third kappa shape index (κ3) is 2.76. The van der Waals surface area contributed by atoms with E-state index >= 15 is 0 Å². The van der Waals surface area contributed by atoms with Crippen molar-refractivity contribution in [1.82, 2.24) is 0 Å². The molecule has 3 nitrogen and oxygen atoms in total. The Morgan fingerprint density at radius 1 is 0.586 bits per heavy atom. The molecule has 3 heterocycles. The van der Waals surface area contributed by atoms with E-state index in [1.54, 1.807) is 0 Å². The van der Waals surface area contributed by atoms with Crippen LogP contribution in [0.4, 0.5) is 11.4 Å². The van der Waals surface area contributed by atoms with Gasteiger partial charge in [0.25, 0.3) is 28.9 Å². The zero-order chi connectivity index (χ0) is 20.1. The van der Waals surface area contributed by atoms with E-state index in [-0.39, 0.29) is 0 Å². The predicted octanol–water partition coefficient (Wildman–Crippen LogP) is 4.47. The molecule has 0 unspecified atom stereocenters. The van der Waals surface area contributed by atoms with Crippen molar-refractivity contribution < 1.29 is 13.7 Å². The molecule has 0 atom stereocenters. The van der Waals surface area contributed by atoms with Gasteiger partial charge in [0, 0.05) is 49.2 Å². The van der Waals surface area contributed by atoms with Crippen molar-refractivity contribution in [3.63, 3.8) is 0 Å². The molecule has 0 saturated carbocycles. The van der Waals surface area contributed by atoms with Crippen molar-refractivity contribution in [2.45, 2.75) is 33.7 Å². The molecule has 2 aliphatic rings. The molecule has 144 valence electrons. The van der Waals surface area contributed by atoms with E-state index in [0.29, 0.717) is 6.04 Å². The minimum Gasteiger partial charge on any atom is -0.183 e. The molecule has 3 aromatic rings. The maximum absolute atomic E-state index is 2.56. The summed E-state index contributed by atoms with van der Waals surface area (Å²) in [4.78, 5) is 0. The van der Waals surface area contributed by atoms with E-state index in [2.05, 4.69) is 108 Å². The van der Waals surface area contributed by atoms with E-state index in [1.165, 1.54) is 45.3 Å². The largest absolute Gasteiger partial charge is 0.275 e. The van der Waals surface area contributed by atoms with Crippen LogP contribution in [0.2, 0.25) is 0 Å². The van der Waals surface area contributed by atoms with E-state index < -0.39 is 0 Å². The molecule has 0 spiro atoms. The topological polar surface area (TPSA) is 9.90 Å². The van der Waals surface area contributed by atoms with Gasteiger partial charge in [-0.2, -0.15) is 13.7 Å². The second-order valence-corrected chi connectivity index (χ2v) is 8.29. The molecule has 0 aliphatic carbocycles. The molecule has 0 bridgehead atoms. The average Bonchev–Trinajstić information content (AvgIpc) is 2.73. The fraction of sp³-hybridized carbons (Fsp3) is 0.269. The molecule has 2 aliphatic heterocycles. The Balaban J connectivity index is 1.71. The van der Waals surface area contributed by atoms with Crippen LogP contribution in [0.25, 0.3) is 0 Å². The van der Waals surface area contributed by atoms with E-state index in [0.717, 1.165) is 13.1 Å². The van der Waals surface area contributed by atoms with Crippen LogP contribution in [0.1, 0.15) is 42.4 Å². The smallest absolute Gasteiger partial charge is 0.183 e. The number of hydrogen-bond donors (Lipinski definition) is 0. The highest BCUT2D eigenvalue weighted by Crippen LogP contribution is 2.28. The number of rotatable bonds is 2. The number of nitrogens with zero attached hydrogens (tertiary/aromatic N) is 3. The molecule has 1 aromatic heterocycles. The highest BCUT2D eigenvalue weighted by molar-refractivity contribution is 5.95. The standard InChI is InChI=1S/C26H28N3/c1-18-10-5-7-12-23(18)27-16-22-17-28(24-13-8-6-11-19(24)2)21(4)26-15-9-14-25(20(27)3)29(22)26/h5-15,22H,16-17H2,1-4H3/q+3. The van der Waals surface area contributed by atoms with Gasteiger partial charge in [0.05, 0.1) is 0 Å². The Morgan fingerprint density at radius 3 is 1.48 bits per heavy atom. The Hall–Kier alpha value is -3.07.